The van der Waals surface area contributed by atoms with Gasteiger partial charge in [-0.15, -0.1) is 0 Å². The zero-order chi connectivity index (χ0) is 22.0. The third-order valence-electron chi connectivity index (χ3n) is 7.32. The van der Waals surface area contributed by atoms with Crippen molar-refractivity contribution in [1.29, 1.82) is 0 Å². The van der Waals surface area contributed by atoms with E-state index >= 15 is 0 Å². The number of nitrogens with zero attached hydrogens (tertiary/aromatic N) is 2. The molecule has 2 aliphatic heterocycles. The molecule has 2 fully saturated rings. The van der Waals surface area contributed by atoms with Gasteiger partial charge in [0, 0.05) is 31.6 Å². The minimum absolute atomic E-state index is 0.0386. The summed E-state index contributed by atoms with van der Waals surface area (Å²) >= 11 is 0. The van der Waals surface area contributed by atoms with Gasteiger partial charge in [0.25, 0.3) is 0 Å². The highest BCUT2D eigenvalue weighted by Gasteiger charge is 2.42. The Hall–Kier alpha value is -2.24. The fraction of sp³-hybridized carbons (Fsp3) is 0.429. The van der Waals surface area contributed by atoms with E-state index in [1.165, 1.54) is 16.7 Å². The van der Waals surface area contributed by atoms with Gasteiger partial charge in [0.1, 0.15) is 0 Å². The quantitative estimate of drug-likeness (QED) is 0.680. The Bertz CT molecular complexity index is 926. The number of allylic oxidation sites excluding steroid dienone is 2. The van der Waals surface area contributed by atoms with Crippen molar-refractivity contribution in [3.8, 4) is 0 Å². The van der Waals surface area contributed by atoms with E-state index in [4.69, 9.17) is 9.47 Å². The Morgan fingerprint density at radius 1 is 0.906 bits per heavy atom. The summed E-state index contributed by atoms with van der Waals surface area (Å²) in [6, 6.07) is 22.1. The number of benzene rings is 2. The molecular formula is C28H34N2O2. The molecule has 2 heterocycles. The van der Waals surface area contributed by atoms with Crippen molar-refractivity contribution in [1.82, 2.24) is 9.80 Å². The summed E-state index contributed by atoms with van der Waals surface area (Å²) in [7, 11) is 2.27. The van der Waals surface area contributed by atoms with Crippen LogP contribution >= 0.6 is 0 Å². The highest BCUT2D eigenvalue weighted by molar-refractivity contribution is 5.33. The first kappa shape index (κ1) is 21.6. The summed E-state index contributed by atoms with van der Waals surface area (Å²) < 4.78 is 11.9. The van der Waals surface area contributed by atoms with Crippen LogP contribution in [-0.4, -0.2) is 61.0 Å². The number of likely N-dealkylation sites (N-methyl/N-ethyl adjacent to an activating group) is 1. The summed E-state index contributed by atoms with van der Waals surface area (Å²) in [5.74, 6) is -0.538. The zero-order valence-electron chi connectivity index (χ0n) is 19.2. The first-order chi connectivity index (χ1) is 15.6. The standard InChI is InChI=1S/C28H34N2O2/c1-27(20-23-10-9-15-28(21-23)31-18-19-32-28)22-30(17-16-29(27)2)26(24-11-5-3-6-12-24)25-13-7-4-8-14-25/h3-15,26H,16-22H2,1-2H3. The van der Waals surface area contributed by atoms with Gasteiger partial charge in [0.05, 0.1) is 19.3 Å². The molecule has 1 atom stereocenters. The van der Waals surface area contributed by atoms with Crippen LogP contribution in [0, 0.1) is 0 Å². The van der Waals surface area contributed by atoms with Crippen LogP contribution in [0.3, 0.4) is 0 Å². The molecule has 0 amide bonds. The maximum Gasteiger partial charge on any atom is 0.192 e. The number of piperazine rings is 1. The average molecular weight is 431 g/mol. The summed E-state index contributed by atoms with van der Waals surface area (Å²) in [6.07, 6.45) is 8.29. The van der Waals surface area contributed by atoms with Crippen LogP contribution in [0.2, 0.25) is 0 Å². The molecule has 1 spiro atoms. The first-order valence-corrected chi connectivity index (χ1v) is 11.8. The molecule has 1 unspecified atom stereocenters. The van der Waals surface area contributed by atoms with E-state index in [0.717, 1.165) is 32.5 Å². The largest absolute Gasteiger partial charge is 0.344 e. The highest BCUT2D eigenvalue weighted by Crippen LogP contribution is 2.39. The van der Waals surface area contributed by atoms with Gasteiger partial charge in [0.15, 0.2) is 5.79 Å². The normalized spacial score (nSPS) is 26.0. The maximum absolute atomic E-state index is 5.96. The van der Waals surface area contributed by atoms with Crippen LogP contribution in [0.1, 0.15) is 36.9 Å². The molecule has 0 aromatic heterocycles. The van der Waals surface area contributed by atoms with Crippen LogP contribution in [0.5, 0.6) is 0 Å². The number of hydrogen-bond acceptors (Lipinski definition) is 4. The Morgan fingerprint density at radius 3 is 2.16 bits per heavy atom. The van der Waals surface area contributed by atoms with E-state index in [2.05, 4.69) is 103 Å². The number of ether oxygens (including phenoxy) is 2. The maximum atomic E-state index is 5.96. The van der Waals surface area contributed by atoms with Crippen molar-refractivity contribution in [3.63, 3.8) is 0 Å². The predicted octanol–water partition coefficient (Wildman–Crippen LogP) is 4.80. The molecule has 2 saturated heterocycles. The summed E-state index contributed by atoms with van der Waals surface area (Å²) in [6.45, 7) is 6.88. The second-order valence-electron chi connectivity index (χ2n) is 9.66. The fourth-order valence-corrected chi connectivity index (χ4v) is 5.53. The molecule has 0 bridgehead atoms. The lowest BCUT2D eigenvalue weighted by atomic mass is 9.83. The summed E-state index contributed by atoms with van der Waals surface area (Å²) in [5, 5.41) is 0. The third kappa shape index (κ3) is 4.33. The molecule has 0 N–H and O–H groups in total. The second-order valence-corrected chi connectivity index (χ2v) is 9.66. The van der Waals surface area contributed by atoms with Crippen LogP contribution in [-0.2, 0) is 9.47 Å². The number of hydrogen-bond donors (Lipinski definition) is 0. The van der Waals surface area contributed by atoms with Crippen molar-refractivity contribution in [2.75, 3.05) is 39.9 Å². The second kappa shape index (κ2) is 8.95. The van der Waals surface area contributed by atoms with Crippen LogP contribution in [0.15, 0.2) is 84.5 Å². The first-order valence-electron chi connectivity index (χ1n) is 11.8. The third-order valence-corrected chi connectivity index (χ3v) is 7.32. The summed E-state index contributed by atoms with van der Waals surface area (Å²) in [4.78, 5) is 5.21. The Kier molecular flexibility index (Phi) is 6.04. The van der Waals surface area contributed by atoms with E-state index in [1.807, 2.05) is 0 Å². The van der Waals surface area contributed by atoms with Crippen LogP contribution in [0.25, 0.3) is 0 Å². The monoisotopic (exact) mass is 430 g/mol. The van der Waals surface area contributed by atoms with E-state index in [0.29, 0.717) is 13.2 Å². The van der Waals surface area contributed by atoms with Gasteiger partial charge in [-0.05, 0) is 37.6 Å². The van der Waals surface area contributed by atoms with Gasteiger partial charge < -0.3 is 9.47 Å². The molecule has 2 aromatic rings. The Balaban J connectivity index is 1.40. The fourth-order valence-electron chi connectivity index (χ4n) is 5.53. The minimum Gasteiger partial charge on any atom is -0.344 e. The molecule has 2 aromatic carbocycles. The van der Waals surface area contributed by atoms with E-state index in [-0.39, 0.29) is 11.6 Å². The molecule has 3 aliphatic rings. The summed E-state index contributed by atoms with van der Waals surface area (Å²) in [5.41, 5.74) is 4.16. The number of rotatable bonds is 5. The topological polar surface area (TPSA) is 24.9 Å². The average Bonchev–Trinajstić information content (AvgIpc) is 3.25. The highest BCUT2D eigenvalue weighted by atomic mass is 16.7. The van der Waals surface area contributed by atoms with Gasteiger partial charge in [-0.25, -0.2) is 0 Å². The van der Waals surface area contributed by atoms with Crippen molar-refractivity contribution in [2.24, 2.45) is 0 Å². The van der Waals surface area contributed by atoms with Crippen molar-refractivity contribution in [3.05, 3.63) is 95.6 Å². The lowest BCUT2D eigenvalue weighted by Crippen LogP contribution is -2.60. The SMILES string of the molecule is CN1CCN(C(c2ccccc2)c2ccccc2)CC1(C)CC1=CC=CC2(C1)OCCO2. The lowest BCUT2D eigenvalue weighted by Gasteiger charge is -2.50. The molecule has 4 nitrogen and oxygen atoms in total. The molecular weight excluding hydrogens is 396 g/mol. The zero-order valence-corrected chi connectivity index (χ0v) is 19.2. The van der Waals surface area contributed by atoms with Gasteiger partial charge in [0.2, 0.25) is 0 Å². The van der Waals surface area contributed by atoms with Crippen molar-refractivity contribution in [2.45, 2.75) is 37.1 Å². The lowest BCUT2D eigenvalue weighted by molar-refractivity contribution is -0.117. The smallest absolute Gasteiger partial charge is 0.192 e. The van der Waals surface area contributed by atoms with Crippen LogP contribution in [0.4, 0.5) is 0 Å². The molecule has 4 heteroatoms. The van der Waals surface area contributed by atoms with E-state index in [1.54, 1.807) is 0 Å². The van der Waals surface area contributed by atoms with Gasteiger partial charge in [-0.2, -0.15) is 0 Å². The molecule has 32 heavy (non-hydrogen) atoms. The molecule has 1 aliphatic carbocycles. The van der Waals surface area contributed by atoms with Crippen molar-refractivity contribution >= 4 is 0 Å². The Morgan fingerprint density at radius 2 is 1.53 bits per heavy atom. The van der Waals surface area contributed by atoms with E-state index < -0.39 is 5.79 Å². The molecule has 168 valence electrons. The Labute approximate surface area is 192 Å². The minimum atomic E-state index is -0.538. The van der Waals surface area contributed by atoms with Gasteiger partial charge in [-0.3, -0.25) is 9.80 Å². The molecule has 5 rings (SSSR count). The van der Waals surface area contributed by atoms with Gasteiger partial charge in [-0.1, -0.05) is 78.4 Å². The molecule has 0 saturated carbocycles. The predicted molar refractivity (Wildman–Crippen MR) is 128 cm³/mol. The molecule has 0 radical (unpaired) electrons. The van der Waals surface area contributed by atoms with Gasteiger partial charge >= 0.3 is 0 Å². The van der Waals surface area contributed by atoms with E-state index in [9.17, 15) is 0 Å². The van der Waals surface area contributed by atoms with Crippen molar-refractivity contribution < 1.29 is 9.47 Å². The van der Waals surface area contributed by atoms with Crippen LogP contribution < -0.4 is 0 Å².